The first-order chi connectivity index (χ1) is 9.76. The molecule has 0 saturated heterocycles. The van der Waals surface area contributed by atoms with Crippen LogP contribution in [0.3, 0.4) is 0 Å². The number of nitrogens with two attached hydrogens (primary N) is 1. The van der Waals surface area contributed by atoms with Crippen LogP contribution in [0.15, 0.2) is 0 Å². The van der Waals surface area contributed by atoms with Gasteiger partial charge in [0, 0.05) is 19.7 Å². The zero-order valence-electron chi connectivity index (χ0n) is 12.9. The molecule has 0 aromatic rings. The molecule has 1 rings (SSSR count). The second kappa shape index (κ2) is 11.1. The lowest BCUT2D eigenvalue weighted by Gasteiger charge is -2.23. The number of hydrogen-bond acceptors (Lipinski definition) is 4. The summed E-state index contributed by atoms with van der Waals surface area (Å²) in [5.74, 6) is 0.144. The summed E-state index contributed by atoms with van der Waals surface area (Å²) in [6, 6.07) is 0.379. The Morgan fingerprint density at radius 1 is 1.25 bits per heavy atom. The number of methoxy groups -OCH3 is 1. The van der Waals surface area contributed by atoms with Gasteiger partial charge in [0.05, 0.1) is 13.2 Å². The van der Waals surface area contributed by atoms with E-state index < -0.39 is 0 Å². The number of ether oxygens (including phenoxy) is 1. The Morgan fingerprint density at radius 3 is 2.55 bits per heavy atom. The third-order valence-corrected chi connectivity index (χ3v) is 3.88. The highest BCUT2D eigenvalue weighted by atomic mass is 16.5. The van der Waals surface area contributed by atoms with Gasteiger partial charge < -0.3 is 15.8 Å². The predicted molar refractivity (Wildman–Crippen MR) is 81.6 cm³/mol. The standard InChI is InChI=1S/C15H31N3O2/c1-20-12-11-18(10-6-9-16)13-15(19)17-14-7-4-2-3-5-8-14/h14H,2-13,16H2,1H3,(H,17,19). The van der Waals surface area contributed by atoms with Gasteiger partial charge in [-0.05, 0) is 32.4 Å². The van der Waals surface area contributed by atoms with Gasteiger partial charge in [-0.3, -0.25) is 9.69 Å². The third kappa shape index (κ3) is 7.82. The molecule has 5 nitrogen and oxygen atoms in total. The van der Waals surface area contributed by atoms with E-state index in [4.69, 9.17) is 10.5 Å². The first-order valence-corrected chi connectivity index (χ1v) is 7.97. The molecule has 20 heavy (non-hydrogen) atoms. The Balaban J connectivity index is 2.30. The highest BCUT2D eigenvalue weighted by molar-refractivity contribution is 5.78. The average Bonchev–Trinajstić information content (AvgIpc) is 2.70. The van der Waals surface area contributed by atoms with E-state index in [0.717, 1.165) is 32.4 Å². The number of carbonyl (C=O) groups excluding carboxylic acids is 1. The molecule has 1 amide bonds. The summed E-state index contributed by atoms with van der Waals surface area (Å²) < 4.78 is 5.10. The summed E-state index contributed by atoms with van der Waals surface area (Å²) in [5.41, 5.74) is 5.54. The molecule has 0 unspecified atom stereocenters. The Bertz CT molecular complexity index is 246. The van der Waals surface area contributed by atoms with E-state index in [9.17, 15) is 4.79 Å². The Labute approximate surface area is 123 Å². The zero-order chi connectivity index (χ0) is 14.6. The second-order valence-electron chi connectivity index (χ2n) is 5.67. The third-order valence-electron chi connectivity index (χ3n) is 3.88. The summed E-state index contributed by atoms with van der Waals surface area (Å²) in [4.78, 5) is 14.3. The minimum Gasteiger partial charge on any atom is -0.383 e. The normalized spacial score (nSPS) is 17.1. The molecule has 0 aromatic heterocycles. The quantitative estimate of drug-likeness (QED) is 0.623. The molecule has 1 aliphatic carbocycles. The van der Waals surface area contributed by atoms with E-state index in [1.165, 1.54) is 25.7 Å². The lowest BCUT2D eigenvalue weighted by atomic mass is 10.1. The first-order valence-electron chi connectivity index (χ1n) is 7.97. The van der Waals surface area contributed by atoms with Gasteiger partial charge in [-0.25, -0.2) is 0 Å². The highest BCUT2D eigenvalue weighted by Crippen LogP contribution is 2.17. The van der Waals surface area contributed by atoms with Crippen molar-refractivity contribution in [3.05, 3.63) is 0 Å². The fraction of sp³-hybridized carbons (Fsp3) is 0.933. The predicted octanol–water partition coefficient (Wildman–Crippen LogP) is 1.12. The van der Waals surface area contributed by atoms with Crippen LogP contribution in [0.4, 0.5) is 0 Å². The summed E-state index contributed by atoms with van der Waals surface area (Å²) in [6.45, 7) is 3.42. The van der Waals surface area contributed by atoms with E-state index in [-0.39, 0.29) is 5.91 Å². The van der Waals surface area contributed by atoms with Crippen LogP contribution in [0.1, 0.15) is 44.9 Å². The van der Waals surface area contributed by atoms with E-state index in [2.05, 4.69) is 10.2 Å². The van der Waals surface area contributed by atoms with Crippen LogP contribution < -0.4 is 11.1 Å². The van der Waals surface area contributed by atoms with E-state index in [1.807, 2.05) is 0 Å². The van der Waals surface area contributed by atoms with Gasteiger partial charge in [0.1, 0.15) is 0 Å². The van der Waals surface area contributed by atoms with Gasteiger partial charge in [0.2, 0.25) is 5.91 Å². The van der Waals surface area contributed by atoms with Gasteiger partial charge in [0.15, 0.2) is 0 Å². The Kier molecular flexibility index (Phi) is 9.62. The van der Waals surface area contributed by atoms with Gasteiger partial charge in [-0.15, -0.1) is 0 Å². The molecule has 3 N–H and O–H groups in total. The fourth-order valence-electron chi connectivity index (χ4n) is 2.71. The van der Waals surface area contributed by atoms with Crippen LogP contribution in [0.5, 0.6) is 0 Å². The molecule has 1 saturated carbocycles. The summed E-state index contributed by atoms with van der Waals surface area (Å²) in [7, 11) is 1.69. The van der Waals surface area contributed by atoms with Crippen molar-refractivity contribution < 1.29 is 9.53 Å². The molecule has 0 aromatic carbocycles. The van der Waals surface area contributed by atoms with Gasteiger partial charge in [0.25, 0.3) is 0 Å². The molecular weight excluding hydrogens is 254 g/mol. The van der Waals surface area contributed by atoms with Crippen LogP contribution in [0.2, 0.25) is 0 Å². The zero-order valence-corrected chi connectivity index (χ0v) is 12.9. The summed E-state index contributed by atoms with van der Waals surface area (Å²) >= 11 is 0. The maximum Gasteiger partial charge on any atom is 0.234 e. The van der Waals surface area contributed by atoms with Crippen molar-refractivity contribution in [2.45, 2.75) is 51.0 Å². The average molecular weight is 285 g/mol. The minimum atomic E-state index is 0.144. The molecule has 0 spiro atoms. The van der Waals surface area contributed by atoms with Gasteiger partial charge in [-0.1, -0.05) is 25.7 Å². The van der Waals surface area contributed by atoms with Crippen molar-refractivity contribution in [2.75, 3.05) is 39.9 Å². The number of carbonyl (C=O) groups is 1. The van der Waals surface area contributed by atoms with Crippen LogP contribution >= 0.6 is 0 Å². The van der Waals surface area contributed by atoms with Crippen molar-refractivity contribution in [2.24, 2.45) is 5.73 Å². The smallest absolute Gasteiger partial charge is 0.234 e. The molecule has 0 heterocycles. The van der Waals surface area contributed by atoms with Crippen molar-refractivity contribution in [3.63, 3.8) is 0 Å². The molecule has 0 radical (unpaired) electrons. The second-order valence-corrected chi connectivity index (χ2v) is 5.67. The SMILES string of the molecule is COCCN(CCCN)CC(=O)NC1CCCCCC1. The van der Waals surface area contributed by atoms with E-state index in [1.54, 1.807) is 7.11 Å². The number of amides is 1. The Morgan fingerprint density at radius 2 is 1.95 bits per heavy atom. The van der Waals surface area contributed by atoms with Crippen LogP contribution in [-0.2, 0) is 9.53 Å². The van der Waals surface area contributed by atoms with Gasteiger partial charge in [-0.2, -0.15) is 0 Å². The first kappa shape index (κ1) is 17.4. The molecular formula is C15H31N3O2. The number of nitrogens with zero attached hydrogens (tertiary/aromatic N) is 1. The Hall–Kier alpha value is -0.650. The van der Waals surface area contributed by atoms with Crippen molar-refractivity contribution in [1.82, 2.24) is 10.2 Å². The molecule has 1 aliphatic rings. The maximum atomic E-state index is 12.1. The lowest BCUT2D eigenvalue weighted by molar-refractivity contribution is -0.123. The largest absolute Gasteiger partial charge is 0.383 e. The number of rotatable bonds is 9. The fourth-order valence-corrected chi connectivity index (χ4v) is 2.71. The highest BCUT2D eigenvalue weighted by Gasteiger charge is 2.16. The molecule has 1 fully saturated rings. The summed E-state index contributed by atoms with van der Waals surface area (Å²) in [6.07, 6.45) is 8.28. The minimum absolute atomic E-state index is 0.144. The number of nitrogens with one attached hydrogen (secondary N) is 1. The van der Waals surface area contributed by atoms with Gasteiger partial charge >= 0.3 is 0 Å². The monoisotopic (exact) mass is 285 g/mol. The van der Waals surface area contributed by atoms with E-state index in [0.29, 0.717) is 25.7 Å². The molecule has 118 valence electrons. The van der Waals surface area contributed by atoms with Crippen molar-refractivity contribution in [3.8, 4) is 0 Å². The van der Waals surface area contributed by atoms with Crippen molar-refractivity contribution in [1.29, 1.82) is 0 Å². The molecule has 5 heteroatoms. The van der Waals surface area contributed by atoms with Crippen LogP contribution in [0.25, 0.3) is 0 Å². The molecule has 0 bridgehead atoms. The summed E-state index contributed by atoms with van der Waals surface area (Å²) in [5, 5.41) is 3.19. The molecule has 0 atom stereocenters. The number of hydrogen-bond donors (Lipinski definition) is 2. The lowest BCUT2D eigenvalue weighted by Crippen LogP contribution is -2.43. The topological polar surface area (TPSA) is 67.6 Å². The van der Waals surface area contributed by atoms with Crippen molar-refractivity contribution >= 4 is 5.91 Å². The van der Waals surface area contributed by atoms with Crippen LogP contribution in [0, 0.1) is 0 Å². The maximum absolute atomic E-state index is 12.1. The van der Waals surface area contributed by atoms with Crippen LogP contribution in [-0.4, -0.2) is 56.7 Å². The van der Waals surface area contributed by atoms with E-state index >= 15 is 0 Å². The molecule has 0 aliphatic heterocycles.